The van der Waals surface area contributed by atoms with Gasteiger partial charge < -0.3 is 5.11 Å². The fraction of sp³-hybridized carbons (Fsp3) is 0.267. The normalized spacial score (nSPS) is 13.2. The van der Waals surface area contributed by atoms with Gasteiger partial charge in [0.15, 0.2) is 0 Å². The molecule has 0 aliphatic rings. The third kappa shape index (κ3) is 2.74. The van der Waals surface area contributed by atoms with E-state index >= 15 is 0 Å². The van der Waals surface area contributed by atoms with Gasteiger partial charge in [0.25, 0.3) is 0 Å². The van der Waals surface area contributed by atoms with Crippen molar-refractivity contribution >= 4 is 29.9 Å². The van der Waals surface area contributed by atoms with E-state index < -0.39 is 11.4 Å². The molecule has 2 aromatic rings. The first-order valence-corrected chi connectivity index (χ1v) is 6.88. The molecule has 0 saturated heterocycles. The largest absolute Gasteiger partial charge is 0.481 e. The molecule has 0 aliphatic heterocycles. The highest BCUT2D eigenvalue weighted by Crippen LogP contribution is 2.42. The Hall–Kier alpha value is -1.55. The number of hydrogen-bond donors (Lipinski definition) is 1. The van der Waals surface area contributed by atoms with E-state index in [0.717, 1.165) is 10.4 Å². The van der Waals surface area contributed by atoms with Crippen LogP contribution in [0.5, 0.6) is 0 Å². The molecule has 4 heteroatoms. The number of hydrogen-bond acceptors (Lipinski definition) is 2. The summed E-state index contributed by atoms with van der Waals surface area (Å²) in [6.07, 6.45) is 0. The van der Waals surface area contributed by atoms with Gasteiger partial charge >= 0.3 is 5.97 Å². The van der Waals surface area contributed by atoms with Crippen molar-refractivity contribution in [1.29, 1.82) is 0 Å². The van der Waals surface area contributed by atoms with Crippen LogP contribution >= 0.6 is 11.3 Å². The quantitative estimate of drug-likeness (QED) is 0.867. The summed E-state index contributed by atoms with van der Waals surface area (Å²) in [5.41, 5.74) is 0.107. The first-order valence-electron chi connectivity index (χ1n) is 6.06. The molecule has 96 valence electrons. The molecule has 2 nitrogen and oxygen atoms in total. The van der Waals surface area contributed by atoms with Gasteiger partial charge in [0, 0.05) is 10.8 Å². The number of thiophene rings is 1. The maximum atomic E-state index is 11.6. The Morgan fingerprint density at radius 1 is 1.21 bits per heavy atom. The first kappa shape index (κ1) is 13.9. The minimum Gasteiger partial charge on any atom is -0.481 e. The number of benzene rings is 1. The van der Waals surface area contributed by atoms with Gasteiger partial charge in [-0.25, -0.2) is 0 Å². The molecule has 0 saturated carbocycles. The van der Waals surface area contributed by atoms with E-state index in [1.165, 1.54) is 11.3 Å². The van der Waals surface area contributed by atoms with E-state index in [1.54, 1.807) is 13.8 Å². The highest BCUT2D eigenvalue weighted by atomic mass is 32.1. The van der Waals surface area contributed by atoms with Gasteiger partial charge in [-0.1, -0.05) is 36.4 Å². The number of rotatable bonds is 4. The lowest BCUT2D eigenvalue weighted by molar-refractivity contribution is -0.147. The molecule has 19 heavy (non-hydrogen) atoms. The van der Waals surface area contributed by atoms with Gasteiger partial charge in [0.05, 0.1) is 5.41 Å². The smallest absolute Gasteiger partial charge is 0.310 e. The molecule has 0 amide bonds. The van der Waals surface area contributed by atoms with Crippen LogP contribution in [0.15, 0.2) is 42.5 Å². The van der Waals surface area contributed by atoms with Crippen LogP contribution in [0.2, 0.25) is 0 Å². The van der Waals surface area contributed by atoms with E-state index in [1.807, 2.05) is 42.5 Å². The Morgan fingerprint density at radius 3 is 2.32 bits per heavy atom. The second-order valence-electron chi connectivity index (χ2n) is 5.11. The van der Waals surface area contributed by atoms with Crippen molar-refractivity contribution < 1.29 is 9.90 Å². The molecule has 1 aromatic carbocycles. The monoisotopic (exact) mass is 270 g/mol. The molecule has 1 N–H and O–H groups in total. The summed E-state index contributed by atoms with van der Waals surface area (Å²) in [6.45, 7) is 3.51. The molecule has 1 unspecified atom stereocenters. The molecule has 1 aromatic heterocycles. The van der Waals surface area contributed by atoms with Gasteiger partial charge in [-0.05, 0) is 30.3 Å². The Morgan fingerprint density at radius 2 is 1.84 bits per heavy atom. The first-order chi connectivity index (χ1) is 8.93. The van der Waals surface area contributed by atoms with Gasteiger partial charge in [0.2, 0.25) is 0 Å². The summed E-state index contributed by atoms with van der Waals surface area (Å²) in [7, 11) is 5.78. The summed E-state index contributed by atoms with van der Waals surface area (Å²) >= 11 is 1.45. The Bertz CT molecular complexity index is 575. The van der Waals surface area contributed by atoms with Crippen LogP contribution in [0.4, 0.5) is 0 Å². The van der Waals surface area contributed by atoms with Crippen molar-refractivity contribution in [2.45, 2.75) is 19.8 Å². The van der Waals surface area contributed by atoms with Crippen molar-refractivity contribution in [2.24, 2.45) is 5.41 Å². The zero-order valence-electron chi connectivity index (χ0n) is 11.0. The lowest BCUT2D eigenvalue weighted by Gasteiger charge is -2.30. The van der Waals surface area contributed by atoms with Gasteiger partial charge in [-0.3, -0.25) is 4.79 Å². The van der Waals surface area contributed by atoms with Crippen LogP contribution in [-0.2, 0) is 4.79 Å². The van der Waals surface area contributed by atoms with E-state index in [4.69, 9.17) is 7.85 Å². The highest BCUT2D eigenvalue weighted by Gasteiger charge is 2.39. The molecule has 0 bridgehead atoms. The summed E-state index contributed by atoms with van der Waals surface area (Å²) in [6, 6.07) is 13.5. The van der Waals surface area contributed by atoms with Crippen LogP contribution in [0.1, 0.15) is 30.2 Å². The van der Waals surface area contributed by atoms with Crippen molar-refractivity contribution in [3.63, 3.8) is 0 Å². The predicted octanol–water partition coefficient (Wildman–Crippen LogP) is 2.78. The zero-order chi connectivity index (χ0) is 14.0. The fourth-order valence-corrected chi connectivity index (χ4v) is 3.32. The fourth-order valence-electron chi connectivity index (χ4n) is 2.23. The van der Waals surface area contributed by atoms with Crippen molar-refractivity contribution in [3.05, 3.63) is 52.9 Å². The minimum absolute atomic E-state index is 0.200. The summed E-state index contributed by atoms with van der Waals surface area (Å²) in [5.74, 6) is -1.01. The van der Waals surface area contributed by atoms with E-state index in [-0.39, 0.29) is 5.92 Å². The number of carboxylic acid groups (broad SMARTS) is 1. The molecule has 0 spiro atoms. The third-order valence-corrected chi connectivity index (χ3v) is 4.32. The maximum absolute atomic E-state index is 11.6. The Kier molecular flexibility index (Phi) is 3.81. The van der Waals surface area contributed by atoms with Crippen LogP contribution in [0.3, 0.4) is 0 Å². The second-order valence-corrected chi connectivity index (χ2v) is 6.26. The van der Waals surface area contributed by atoms with Crippen molar-refractivity contribution in [3.8, 4) is 0 Å². The predicted molar refractivity (Wildman–Crippen MR) is 79.4 cm³/mol. The summed E-state index contributed by atoms with van der Waals surface area (Å²) in [5, 5.41) is 9.51. The van der Waals surface area contributed by atoms with E-state index in [9.17, 15) is 9.90 Å². The molecular weight excluding hydrogens is 255 g/mol. The molecule has 1 atom stereocenters. The summed E-state index contributed by atoms with van der Waals surface area (Å²) in [4.78, 5) is 12.6. The van der Waals surface area contributed by atoms with Crippen molar-refractivity contribution in [2.75, 3.05) is 0 Å². The molecule has 2 radical (unpaired) electrons. The molecule has 0 fully saturated rings. The third-order valence-electron chi connectivity index (χ3n) is 3.34. The summed E-state index contributed by atoms with van der Waals surface area (Å²) < 4.78 is 0.706. The van der Waals surface area contributed by atoms with Crippen LogP contribution < -0.4 is 4.78 Å². The molecule has 2 rings (SSSR count). The van der Waals surface area contributed by atoms with Crippen LogP contribution in [-0.4, -0.2) is 18.9 Å². The number of carbonyl (C=O) groups is 1. The molecular formula is C15H15BO2S. The molecule has 1 heterocycles. The highest BCUT2D eigenvalue weighted by molar-refractivity contribution is 7.20. The minimum atomic E-state index is -0.890. The molecule has 0 aliphatic carbocycles. The van der Waals surface area contributed by atoms with Crippen molar-refractivity contribution in [1.82, 2.24) is 0 Å². The average Bonchev–Trinajstić information content (AvgIpc) is 2.76. The lowest BCUT2D eigenvalue weighted by Crippen LogP contribution is -2.31. The average molecular weight is 270 g/mol. The zero-order valence-corrected chi connectivity index (χ0v) is 11.8. The maximum Gasteiger partial charge on any atom is 0.310 e. The van der Waals surface area contributed by atoms with Crippen LogP contribution in [0.25, 0.3) is 0 Å². The number of aliphatic carboxylic acids is 1. The van der Waals surface area contributed by atoms with Gasteiger partial charge in [0.1, 0.15) is 7.85 Å². The lowest BCUT2D eigenvalue weighted by atomic mass is 9.74. The second kappa shape index (κ2) is 5.21. The van der Waals surface area contributed by atoms with E-state index in [2.05, 4.69) is 0 Å². The van der Waals surface area contributed by atoms with Crippen LogP contribution in [0, 0.1) is 5.41 Å². The SMILES string of the molecule is [B]c1ccc(C(c2ccccc2)C(C)(C)C(=O)O)s1. The van der Waals surface area contributed by atoms with Gasteiger partial charge in [-0.15, -0.1) is 0 Å². The standard InChI is InChI=1S/C15H15BO2S/c1-15(2,14(17)18)13(10-6-4-3-5-7-10)11-8-9-12(16)19-11/h3-9,13H,1-2H3,(H,17,18). The Balaban J connectivity index is 2.55. The number of carboxylic acids is 1. The topological polar surface area (TPSA) is 37.3 Å². The van der Waals surface area contributed by atoms with Gasteiger partial charge in [-0.2, -0.15) is 11.3 Å². The Labute approximate surface area is 118 Å². The van der Waals surface area contributed by atoms with E-state index in [0.29, 0.717) is 4.78 Å².